The fourth-order valence-corrected chi connectivity index (χ4v) is 2.83. The van der Waals surface area contributed by atoms with Crippen LogP contribution in [0.5, 0.6) is 0 Å². The summed E-state index contributed by atoms with van der Waals surface area (Å²) in [5, 5.41) is 5.99. The third-order valence-corrected chi connectivity index (χ3v) is 3.62. The van der Waals surface area contributed by atoms with Crippen molar-refractivity contribution in [2.75, 3.05) is 22.1 Å². The number of primary amides is 1. The third-order valence-electron chi connectivity index (χ3n) is 2.45. The standard InChI is InChI=1S/C11H15N3OS/c12-11(15)14-9-3-1-8(2-4-9)13-10-5-6-16-7-10/h1-4,10,13H,5-7H2,(H3,12,14,15). The van der Waals surface area contributed by atoms with E-state index >= 15 is 0 Å². The zero-order valence-corrected chi connectivity index (χ0v) is 9.72. The lowest BCUT2D eigenvalue weighted by molar-refractivity contribution is 0.259. The smallest absolute Gasteiger partial charge is 0.316 e. The SMILES string of the molecule is NC(=O)Nc1ccc(NC2CCSC2)cc1. The van der Waals surface area contributed by atoms with Crippen LogP contribution >= 0.6 is 11.8 Å². The number of thioether (sulfide) groups is 1. The Kier molecular flexibility index (Phi) is 3.56. The lowest BCUT2D eigenvalue weighted by Crippen LogP contribution is -2.19. The molecule has 0 bridgehead atoms. The van der Waals surface area contributed by atoms with Gasteiger partial charge in [0.2, 0.25) is 0 Å². The number of rotatable bonds is 3. The number of carbonyl (C=O) groups excluding carboxylic acids is 1. The van der Waals surface area contributed by atoms with Gasteiger partial charge >= 0.3 is 6.03 Å². The summed E-state index contributed by atoms with van der Waals surface area (Å²) >= 11 is 1.98. The highest BCUT2D eigenvalue weighted by Crippen LogP contribution is 2.22. The van der Waals surface area contributed by atoms with Crippen LogP contribution < -0.4 is 16.4 Å². The lowest BCUT2D eigenvalue weighted by atomic mass is 10.2. The summed E-state index contributed by atoms with van der Waals surface area (Å²) < 4.78 is 0. The van der Waals surface area contributed by atoms with Crippen molar-refractivity contribution in [1.82, 2.24) is 0 Å². The van der Waals surface area contributed by atoms with E-state index < -0.39 is 6.03 Å². The summed E-state index contributed by atoms with van der Waals surface area (Å²) in [6.45, 7) is 0. The highest BCUT2D eigenvalue weighted by Gasteiger charge is 2.14. The summed E-state index contributed by atoms with van der Waals surface area (Å²) in [5.74, 6) is 2.40. The molecule has 1 unspecified atom stereocenters. The van der Waals surface area contributed by atoms with Crippen LogP contribution in [0.25, 0.3) is 0 Å². The molecule has 1 fully saturated rings. The van der Waals surface area contributed by atoms with Crippen molar-refractivity contribution < 1.29 is 4.79 Å². The molecule has 0 radical (unpaired) electrons. The molecule has 0 aromatic heterocycles. The quantitative estimate of drug-likeness (QED) is 0.754. The maximum Gasteiger partial charge on any atom is 0.316 e. The highest BCUT2D eigenvalue weighted by molar-refractivity contribution is 7.99. The van der Waals surface area contributed by atoms with Gasteiger partial charge in [-0.1, -0.05) is 0 Å². The number of nitrogens with one attached hydrogen (secondary N) is 2. The Labute approximate surface area is 99.0 Å². The van der Waals surface area contributed by atoms with Crippen molar-refractivity contribution in [1.29, 1.82) is 0 Å². The van der Waals surface area contributed by atoms with Crippen LogP contribution in [0.1, 0.15) is 6.42 Å². The van der Waals surface area contributed by atoms with E-state index in [2.05, 4.69) is 10.6 Å². The zero-order valence-electron chi connectivity index (χ0n) is 8.90. The van der Waals surface area contributed by atoms with Gasteiger partial charge in [-0.3, -0.25) is 0 Å². The monoisotopic (exact) mass is 237 g/mol. The molecule has 4 nitrogen and oxygen atoms in total. The van der Waals surface area contributed by atoms with Gasteiger partial charge in [0.25, 0.3) is 0 Å². The number of nitrogens with two attached hydrogens (primary N) is 1. The molecule has 1 aliphatic rings. The molecule has 1 saturated heterocycles. The summed E-state index contributed by atoms with van der Waals surface area (Å²) in [4.78, 5) is 10.6. The Balaban J connectivity index is 1.93. The number of hydrogen-bond donors (Lipinski definition) is 3. The molecule has 0 saturated carbocycles. The summed E-state index contributed by atoms with van der Waals surface area (Å²) in [7, 11) is 0. The minimum absolute atomic E-state index is 0.534. The van der Waals surface area contributed by atoms with Gasteiger partial charge in [-0.05, 0) is 36.4 Å². The molecule has 86 valence electrons. The van der Waals surface area contributed by atoms with Gasteiger partial charge in [0.1, 0.15) is 0 Å². The average molecular weight is 237 g/mol. The average Bonchev–Trinajstić information content (AvgIpc) is 2.73. The Morgan fingerprint density at radius 3 is 2.56 bits per heavy atom. The summed E-state index contributed by atoms with van der Waals surface area (Å²) in [6.07, 6.45) is 1.21. The minimum atomic E-state index is -0.534. The zero-order chi connectivity index (χ0) is 11.4. The molecular weight excluding hydrogens is 222 g/mol. The van der Waals surface area contributed by atoms with E-state index in [0.717, 1.165) is 11.4 Å². The van der Waals surface area contributed by atoms with Gasteiger partial charge in [0, 0.05) is 23.2 Å². The number of hydrogen-bond acceptors (Lipinski definition) is 3. The van der Waals surface area contributed by atoms with Gasteiger partial charge in [-0.25, -0.2) is 4.79 Å². The molecular formula is C11H15N3OS. The summed E-state index contributed by atoms with van der Waals surface area (Å²) in [6, 6.07) is 7.63. The van der Waals surface area contributed by atoms with Gasteiger partial charge in [-0.2, -0.15) is 11.8 Å². The van der Waals surface area contributed by atoms with E-state index in [0.29, 0.717) is 6.04 Å². The predicted octanol–water partition coefficient (Wildman–Crippen LogP) is 2.09. The number of benzene rings is 1. The molecule has 1 aromatic carbocycles. The number of amides is 2. The maximum absolute atomic E-state index is 10.6. The fraction of sp³-hybridized carbons (Fsp3) is 0.364. The second-order valence-corrected chi connectivity index (χ2v) is 4.92. The van der Waals surface area contributed by atoms with Crippen molar-refractivity contribution >= 4 is 29.2 Å². The first-order valence-corrected chi connectivity index (χ1v) is 6.40. The molecule has 4 N–H and O–H groups in total. The van der Waals surface area contributed by atoms with E-state index in [9.17, 15) is 4.79 Å². The molecule has 5 heteroatoms. The molecule has 2 rings (SSSR count). The van der Waals surface area contributed by atoms with Crippen LogP contribution in [0.4, 0.5) is 16.2 Å². The molecule has 1 heterocycles. The Bertz CT molecular complexity index is 360. The Morgan fingerprint density at radius 2 is 2.00 bits per heavy atom. The van der Waals surface area contributed by atoms with E-state index in [1.807, 2.05) is 36.0 Å². The van der Waals surface area contributed by atoms with E-state index in [1.165, 1.54) is 17.9 Å². The van der Waals surface area contributed by atoms with Crippen molar-refractivity contribution in [3.8, 4) is 0 Å². The van der Waals surface area contributed by atoms with Crippen LogP contribution in [0.15, 0.2) is 24.3 Å². The van der Waals surface area contributed by atoms with Crippen molar-refractivity contribution in [2.24, 2.45) is 5.73 Å². The second kappa shape index (κ2) is 5.12. The molecule has 0 spiro atoms. The van der Waals surface area contributed by atoms with E-state index in [-0.39, 0.29) is 0 Å². The van der Waals surface area contributed by atoms with Crippen LogP contribution in [0.3, 0.4) is 0 Å². The molecule has 16 heavy (non-hydrogen) atoms. The van der Waals surface area contributed by atoms with Crippen LogP contribution in [0.2, 0.25) is 0 Å². The van der Waals surface area contributed by atoms with Crippen molar-refractivity contribution in [3.63, 3.8) is 0 Å². The first-order valence-electron chi connectivity index (χ1n) is 5.25. The third kappa shape index (κ3) is 3.06. The first kappa shape index (κ1) is 11.1. The molecule has 1 aliphatic heterocycles. The first-order chi connectivity index (χ1) is 7.74. The Morgan fingerprint density at radius 1 is 1.31 bits per heavy atom. The van der Waals surface area contributed by atoms with Crippen LogP contribution in [-0.4, -0.2) is 23.6 Å². The minimum Gasteiger partial charge on any atom is -0.381 e. The topological polar surface area (TPSA) is 67.2 Å². The van der Waals surface area contributed by atoms with Crippen molar-refractivity contribution in [3.05, 3.63) is 24.3 Å². The number of anilines is 2. The predicted molar refractivity (Wildman–Crippen MR) is 69.0 cm³/mol. The molecule has 2 amide bonds. The van der Waals surface area contributed by atoms with E-state index in [1.54, 1.807) is 0 Å². The Hall–Kier alpha value is -1.36. The molecule has 1 aromatic rings. The van der Waals surface area contributed by atoms with Crippen LogP contribution in [-0.2, 0) is 0 Å². The normalized spacial score (nSPS) is 19.4. The van der Waals surface area contributed by atoms with Gasteiger partial charge < -0.3 is 16.4 Å². The van der Waals surface area contributed by atoms with Crippen LogP contribution in [0, 0.1) is 0 Å². The molecule has 0 aliphatic carbocycles. The summed E-state index contributed by atoms with van der Waals surface area (Å²) in [5.41, 5.74) is 6.83. The number of urea groups is 1. The number of carbonyl (C=O) groups is 1. The van der Waals surface area contributed by atoms with Gasteiger partial charge in [-0.15, -0.1) is 0 Å². The van der Waals surface area contributed by atoms with Gasteiger partial charge in [0.05, 0.1) is 0 Å². The molecule has 1 atom stereocenters. The second-order valence-electron chi connectivity index (χ2n) is 3.77. The largest absolute Gasteiger partial charge is 0.381 e. The highest BCUT2D eigenvalue weighted by atomic mass is 32.2. The maximum atomic E-state index is 10.6. The fourth-order valence-electron chi connectivity index (χ4n) is 1.68. The van der Waals surface area contributed by atoms with Gasteiger partial charge in [0.15, 0.2) is 0 Å². The van der Waals surface area contributed by atoms with E-state index in [4.69, 9.17) is 5.73 Å². The van der Waals surface area contributed by atoms with Crippen molar-refractivity contribution in [2.45, 2.75) is 12.5 Å². The lowest BCUT2D eigenvalue weighted by Gasteiger charge is -2.13.